The molecule has 35 heavy (non-hydrogen) atoms. The number of anilines is 1. The first kappa shape index (κ1) is 23.4. The third-order valence-electron chi connectivity index (χ3n) is 6.36. The van der Waals surface area contributed by atoms with Crippen molar-refractivity contribution >= 4 is 44.1 Å². The Kier molecular flexibility index (Phi) is 7.30. The van der Waals surface area contributed by atoms with Crippen molar-refractivity contribution in [1.82, 2.24) is 15.2 Å². The van der Waals surface area contributed by atoms with E-state index in [0.29, 0.717) is 6.61 Å². The van der Waals surface area contributed by atoms with Gasteiger partial charge in [-0.15, -0.1) is 11.3 Å². The van der Waals surface area contributed by atoms with Crippen molar-refractivity contribution in [3.8, 4) is 11.6 Å². The number of nitrogens with one attached hydrogen (secondary N) is 1. The first-order chi connectivity index (χ1) is 17.2. The van der Waals surface area contributed by atoms with E-state index in [1.54, 1.807) is 6.07 Å². The molecule has 0 atom stereocenters. The van der Waals surface area contributed by atoms with Gasteiger partial charge in [-0.2, -0.15) is 0 Å². The molecule has 2 aromatic carbocycles. The number of carbonyl (C=O) groups is 1. The van der Waals surface area contributed by atoms with Crippen molar-refractivity contribution in [1.29, 1.82) is 0 Å². The maximum Gasteiger partial charge on any atom is 0.413 e. The molecule has 3 heterocycles. The van der Waals surface area contributed by atoms with E-state index in [1.165, 1.54) is 22.8 Å². The Balaban J connectivity index is 1.05. The third-order valence-corrected chi connectivity index (χ3v) is 7.24. The van der Waals surface area contributed by atoms with E-state index >= 15 is 0 Å². The lowest BCUT2D eigenvalue weighted by molar-refractivity contribution is 0.201. The molecule has 8 heteroatoms. The molecular weight excluding hydrogens is 460 g/mol. The van der Waals surface area contributed by atoms with Gasteiger partial charge in [0.15, 0.2) is 0 Å². The number of hydrogen-bond donors (Lipinski definition) is 1. The Morgan fingerprint density at radius 2 is 1.91 bits per heavy atom. The zero-order chi connectivity index (χ0) is 24.0. The second-order valence-electron chi connectivity index (χ2n) is 8.64. The van der Waals surface area contributed by atoms with Gasteiger partial charge >= 0.3 is 6.09 Å². The largest absolute Gasteiger partial charge is 0.494 e. The molecular formula is C27H30N4O3S. The first-order valence-corrected chi connectivity index (χ1v) is 12.9. The molecule has 2 aromatic heterocycles. The number of rotatable bonds is 8. The van der Waals surface area contributed by atoms with E-state index in [-0.39, 0.29) is 5.88 Å². The molecule has 1 fully saturated rings. The molecule has 0 aliphatic carbocycles. The topological polar surface area (TPSA) is 66.9 Å². The fraction of sp³-hybridized carbons (Fsp3) is 0.333. The van der Waals surface area contributed by atoms with Gasteiger partial charge in [0.2, 0.25) is 5.88 Å². The van der Waals surface area contributed by atoms with Crippen LogP contribution in [0.1, 0.15) is 12.8 Å². The lowest BCUT2D eigenvalue weighted by Crippen LogP contribution is -2.46. The number of carbonyl (C=O) groups excluding carboxylic acids is 1. The molecule has 0 bridgehead atoms. The van der Waals surface area contributed by atoms with Crippen LogP contribution in [0.25, 0.3) is 21.0 Å². The van der Waals surface area contributed by atoms with Crippen LogP contribution in [0, 0.1) is 0 Å². The van der Waals surface area contributed by atoms with E-state index in [2.05, 4.69) is 49.7 Å². The molecule has 0 radical (unpaired) electrons. The molecule has 4 aromatic rings. The summed E-state index contributed by atoms with van der Waals surface area (Å²) < 4.78 is 12.5. The first-order valence-electron chi connectivity index (χ1n) is 12.1. The molecule has 1 amide bonds. The second kappa shape index (κ2) is 10.9. The van der Waals surface area contributed by atoms with E-state index in [9.17, 15) is 4.79 Å². The quantitative estimate of drug-likeness (QED) is 0.345. The fourth-order valence-corrected chi connectivity index (χ4v) is 5.27. The molecule has 0 spiro atoms. The zero-order valence-corrected chi connectivity index (χ0v) is 20.7. The number of hydrogen-bond acceptors (Lipinski definition) is 7. The van der Waals surface area contributed by atoms with Crippen LogP contribution in [-0.4, -0.2) is 62.4 Å². The number of fused-ring (bicyclic) bond motifs is 2. The Morgan fingerprint density at radius 1 is 1.06 bits per heavy atom. The standard InChI is InChI=1S/C27H30N4O3S/c1-28-27(32)34-26-10-8-20-7-9-21(19-23(20)29-26)33-17-3-2-12-30-13-15-31(16-14-30)24-5-4-6-25-22(24)11-18-35-25/h4-11,18-19H,2-3,12-17H2,1H3,(H,28,32). The summed E-state index contributed by atoms with van der Waals surface area (Å²) in [6.07, 6.45) is 1.57. The fourth-order valence-electron chi connectivity index (χ4n) is 4.46. The van der Waals surface area contributed by atoms with Crippen LogP contribution in [-0.2, 0) is 0 Å². The Hall–Kier alpha value is -3.36. The number of aromatic nitrogens is 1. The van der Waals surface area contributed by atoms with Gasteiger partial charge in [-0.25, -0.2) is 9.78 Å². The molecule has 1 N–H and O–H groups in total. The van der Waals surface area contributed by atoms with Crippen molar-refractivity contribution in [2.75, 3.05) is 51.3 Å². The summed E-state index contributed by atoms with van der Waals surface area (Å²) >= 11 is 1.81. The van der Waals surface area contributed by atoms with Crippen LogP contribution >= 0.6 is 11.3 Å². The zero-order valence-electron chi connectivity index (χ0n) is 19.9. The van der Waals surface area contributed by atoms with Crippen LogP contribution in [0.2, 0.25) is 0 Å². The Labute approximate surface area is 209 Å². The summed E-state index contributed by atoms with van der Waals surface area (Å²) in [5.74, 6) is 1.04. The molecule has 1 aliphatic rings. The number of thiophene rings is 1. The summed E-state index contributed by atoms with van der Waals surface area (Å²) in [5, 5.41) is 6.95. The highest BCUT2D eigenvalue weighted by atomic mass is 32.1. The van der Waals surface area contributed by atoms with Crippen LogP contribution < -0.4 is 19.7 Å². The molecule has 1 aliphatic heterocycles. The lowest BCUT2D eigenvalue weighted by atomic mass is 10.2. The lowest BCUT2D eigenvalue weighted by Gasteiger charge is -2.36. The SMILES string of the molecule is CNC(=O)Oc1ccc2ccc(OCCCCN3CCN(c4cccc5sccc45)CC3)cc2n1. The minimum Gasteiger partial charge on any atom is -0.494 e. The summed E-state index contributed by atoms with van der Waals surface area (Å²) in [7, 11) is 1.52. The Morgan fingerprint density at radius 3 is 2.77 bits per heavy atom. The minimum atomic E-state index is -0.537. The molecule has 1 saturated heterocycles. The van der Waals surface area contributed by atoms with Crippen molar-refractivity contribution in [3.63, 3.8) is 0 Å². The van der Waals surface area contributed by atoms with Gasteiger partial charge in [0.25, 0.3) is 0 Å². The van der Waals surface area contributed by atoms with E-state index in [4.69, 9.17) is 9.47 Å². The normalized spacial score (nSPS) is 14.4. The van der Waals surface area contributed by atoms with Gasteiger partial charge in [0, 0.05) is 66.5 Å². The summed E-state index contributed by atoms with van der Waals surface area (Å²) in [6, 6.07) is 18.2. The van der Waals surface area contributed by atoms with Crippen LogP contribution in [0.15, 0.2) is 60.0 Å². The average molecular weight is 491 g/mol. The average Bonchev–Trinajstić information content (AvgIpc) is 3.38. The van der Waals surface area contributed by atoms with Crippen LogP contribution in [0.5, 0.6) is 11.6 Å². The van der Waals surface area contributed by atoms with Gasteiger partial charge in [0.1, 0.15) is 5.75 Å². The van der Waals surface area contributed by atoms with Crippen LogP contribution in [0.4, 0.5) is 10.5 Å². The van der Waals surface area contributed by atoms with E-state index < -0.39 is 6.09 Å². The number of nitrogens with zero attached hydrogens (tertiary/aromatic N) is 3. The predicted molar refractivity (Wildman–Crippen MR) is 142 cm³/mol. The van der Waals surface area contributed by atoms with Crippen molar-refractivity contribution in [2.24, 2.45) is 0 Å². The minimum absolute atomic E-state index is 0.265. The highest BCUT2D eigenvalue weighted by molar-refractivity contribution is 7.17. The van der Waals surface area contributed by atoms with Crippen molar-refractivity contribution in [2.45, 2.75) is 12.8 Å². The van der Waals surface area contributed by atoms with Crippen molar-refractivity contribution < 1.29 is 14.3 Å². The highest BCUT2D eigenvalue weighted by Gasteiger charge is 2.18. The number of ether oxygens (including phenoxy) is 2. The second-order valence-corrected chi connectivity index (χ2v) is 9.59. The third kappa shape index (κ3) is 5.66. The van der Waals surface area contributed by atoms with Gasteiger partial charge in [-0.3, -0.25) is 4.90 Å². The molecule has 0 saturated carbocycles. The van der Waals surface area contributed by atoms with Gasteiger partial charge in [0.05, 0.1) is 12.1 Å². The van der Waals surface area contributed by atoms with Gasteiger partial charge < -0.3 is 19.7 Å². The molecule has 5 rings (SSSR count). The smallest absolute Gasteiger partial charge is 0.413 e. The summed E-state index contributed by atoms with van der Waals surface area (Å²) in [5.41, 5.74) is 2.11. The molecule has 182 valence electrons. The Bertz CT molecular complexity index is 1300. The molecule has 7 nitrogen and oxygen atoms in total. The number of amides is 1. The number of piperazine rings is 1. The van der Waals surface area contributed by atoms with Gasteiger partial charge in [-0.1, -0.05) is 6.07 Å². The number of pyridine rings is 1. The van der Waals surface area contributed by atoms with Gasteiger partial charge in [-0.05, 0) is 61.2 Å². The maximum absolute atomic E-state index is 11.4. The van der Waals surface area contributed by atoms with E-state index in [0.717, 1.165) is 62.2 Å². The highest BCUT2D eigenvalue weighted by Crippen LogP contribution is 2.31. The maximum atomic E-state index is 11.4. The van der Waals surface area contributed by atoms with Crippen LogP contribution in [0.3, 0.4) is 0 Å². The van der Waals surface area contributed by atoms with E-state index in [1.807, 2.05) is 35.6 Å². The monoisotopic (exact) mass is 490 g/mol. The summed E-state index contributed by atoms with van der Waals surface area (Å²) in [6.45, 7) is 6.10. The number of unbranched alkanes of at least 4 members (excludes halogenated alkanes) is 1. The summed E-state index contributed by atoms with van der Waals surface area (Å²) in [4.78, 5) is 20.9. The predicted octanol–water partition coefficient (Wildman–Crippen LogP) is 5.15. The number of benzene rings is 2. The van der Waals surface area contributed by atoms with Crippen molar-refractivity contribution in [3.05, 3.63) is 60.0 Å². The molecule has 0 unspecified atom stereocenters.